The summed E-state index contributed by atoms with van der Waals surface area (Å²) in [5.74, 6) is 1.02. The molecule has 1 aliphatic carbocycles. The number of nitriles is 1. The van der Waals surface area contributed by atoms with Crippen LogP contribution in [0.1, 0.15) is 31.2 Å². The first kappa shape index (κ1) is 17.9. The van der Waals surface area contributed by atoms with E-state index in [0.29, 0.717) is 39.7 Å². The van der Waals surface area contributed by atoms with Crippen molar-refractivity contribution < 1.29 is 5.11 Å². The smallest absolute Gasteiger partial charge is 0.223 e. The third-order valence-corrected chi connectivity index (χ3v) is 4.84. The molecule has 1 saturated carbocycles. The van der Waals surface area contributed by atoms with Crippen molar-refractivity contribution in [3.8, 4) is 6.07 Å². The molecule has 4 rings (SSSR count). The van der Waals surface area contributed by atoms with Crippen LogP contribution in [0.4, 0.5) is 23.1 Å². The molecule has 28 heavy (non-hydrogen) atoms. The Morgan fingerprint density at radius 2 is 1.96 bits per heavy atom. The Morgan fingerprint density at radius 1 is 1.14 bits per heavy atom. The van der Waals surface area contributed by atoms with E-state index in [1.807, 2.05) is 0 Å². The first-order valence-corrected chi connectivity index (χ1v) is 9.11. The Balaban J connectivity index is 1.61. The number of aliphatic hydroxyl groups excluding tert-OH is 1. The van der Waals surface area contributed by atoms with E-state index in [0.717, 1.165) is 25.7 Å². The third kappa shape index (κ3) is 3.77. The monoisotopic (exact) mass is 376 g/mol. The van der Waals surface area contributed by atoms with Crippen LogP contribution >= 0.6 is 0 Å². The summed E-state index contributed by atoms with van der Waals surface area (Å²) in [6.07, 6.45) is 6.19. The van der Waals surface area contributed by atoms with Gasteiger partial charge in [0.2, 0.25) is 5.95 Å². The van der Waals surface area contributed by atoms with Crippen LogP contribution in [0.25, 0.3) is 11.0 Å². The standard InChI is InChI=1S/C19H20N8O/c20-8-11-7-13(3-6-15(11)21)25-18-17-16(23-10-24-18)9-22-19(27-17)26-12-1-4-14(28)5-2-12/h3,6-7,9-10,12,14,28H,1-2,4-5,21H2,(H,22,26,27)(H,23,24,25). The summed E-state index contributed by atoms with van der Waals surface area (Å²) >= 11 is 0. The van der Waals surface area contributed by atoms with Crippen LogP contribution in [0.3, 0.4) is 0 Å². The van der Waals surface area contributed by atoms with E-state index in [9.17, 15) is 5.11 Å². The lowest BCUT2D eigenvalue weighted by molar-refractivity contribution is 0.126. The fourth-order valence-corrected chi connectivity index (χ4v) is 3.29. The van der Waals surface area contributed by atoms with Gasteiger partial charge in [0, 0.05) is 17.4 Å². The molecule has 0 amide bonds. The summed E-state index contributed by atoms with van der Waals surface area (Å²) in [5, 5.41) is 25.3. The average Bonchev–Trinajstić information content (AvgIpc) is 2.71. The molecule has 142 valence electrons. The highest BCUT2D eigenvalue weighted by atomic mass is 16.3. The van der Waals surface area contributed by atoms with Gasteiger partial charge in [-0.3, -0.25) is 0 Å². The van der Waals surface area contributed by atoms with Crippen LogP contribution in [0.2, 0.25) is 0 Å². The Kier molecular flexibility index (Phi) is 4.87. The van der Waals surface area contributed by atoms with E-state index >= 15 is 0 Å². The van der Waals surface area contributed by atoms with Gasteiger partial charge in [0.05, 0.1) is 17.9 Å². The molecule has 0 aliphatic heterocycles. The maximum absolute atomic E-state index is 9.65. The predicted octanol–water partition coefficient (Wildman–Crippen LogP) is 2.33. The minimum absolute atomic E-state index is 0.210. The molecule has 1 aliphatic rings. The van der Waals surface area contributed by atoms with E-state index < -0.39 is 0 Å². The van der Waals surface area contributed by atoms with Gasteiger partial charge in [-0.1, -0.05) is 0 Å². The fraction of sp³-hybridized carbons (Fsp3) is 0.316. The van der Waals surface area contributed by atoms with Crippen molar-refractivity contribution in [2.75, 3.05) is 16.4 Å². The number of hydrogen-bond donors (Lipinski definition) is 4. The molecule has 3 aromatic rings. The first-order chi connectivity index (χ1) is 13.6. The molecule has 0 unspecified atom stereocenters. The lowest BCUT2D eigenvalue weighted by Gasteiger charge is -2.26. The Hall–Kier alpha value is -3.51. The van der Waals surface area contributed by atoms with Crippen LogP contribution in [0.5, 0.6) is 0 Å². The SMILES string of the molecule is N#Cc1cc(Nc2ncnc3cnc(NC4CCC(O)CC4)nc23)ccc1N. The zero-order valence-electron chi connectivity index (χ0n) is 15.1. The van der Waals surface area contributed by atoms with Gasteiger partial charge < -0.3 is 21.5 Å². The van der Waals surface area contributed by atoms with Crippen molar-refractivity contribution in [1.82, 2.24) is 19.9 Å². The van der Waals surface area contributed by atoms with Gasteiger partial charge in [-0.05, 0) is 43.9 Å². The highest BCUT2D eigenvalue weighted by Gasteiger charge is 2.20. The molecule has 2 heterocycles. The highest BCUT2D eigenvalue weighted by molar-refractivity contribution is 5.87. The molecule has 9 heteroatoms. The number of hydrogen-bond acceptors (Lipinski definition) is 9. The maximum Gasteiger partial charge on any atom is 0.223 e. The largest absolute Gasteiger partial charge is 0.398 e. The molecular formula is C19H20N8O. The van der Waals surface area contributed by atoms with Gasteiger partial charge in [0.1, 0.15) is 23.4 Å². The van der Waals surface area contributed by atoms with Gasteiger partial charge in [-0.15, -0.1) is 0 Å². The van der Waals surface area contributed by atoms with Crippen molar-refractivity contribution in [3.63, 3.8) is 0 Å². The van der Waals surface area contributed by atoms with Gasteiger partial charge in [0.15, 0.2) is 5.82 Å². The van der Waals surface area contributed by atoms with Crippen molar-refractivity contribution in [3.05, 3.63) is 36.3 Å². The molecule has 5 N–H and O–H groups in total. The van der Waals surface area contributed by atoms with E-state index in [2.05, 4.69) is 36.6 Å². The van der Waals surface area contributed by atoms with Crippen LogP contribution in [-0.4, -0.2) is 37.2 Å². The summed E-state index contributed by atoms with van der Waals surface area (Å²) in [7, 11) is 0. The molecule has 0 atom stereocenters. The molecule has 1 fully saturated rings. The van der Waals surface area contributed by atoms with Crippen molar-refractivity contribution in [2.24, 2.45) is 0 Å². The summed E-state index contributed by atoms with van der Waals surface area (Å²) in [6, 6.07) is 7.41. The summed E-state index contributed by atoms with van der Waals surface area (Å²) in [4.78, 5) is 17.4. The van der Waals surface area contributed by atoms with Gasteiger partial charge in [0.25, 0.3) is 0 Å². The third-order valence-electron chi connectivity index (χ3n) is 4.84. The number of benzene rings is 1. The Morgan fingerprint density at radius 3 is 2.75 bits per heavy atom. The quantitative estimate of drug-likeness (QED) is 0.504. The Bertz CT molecular complexity index is 1040. The van der Waals surface area contributed by atoms with Gasteiger partial charge in [-0.2, -0.15) is 5.26 Å². The number of rotatable bonds is 4. The van der Waals surface area contributed by atoms with Crippen molar-refractivity contribution >= 4 is 34.2 Å². The predicted molar refractivity (Wildman–Crippen MR) is 106 cm³/mol. The summed E-state index contributed by atoms with van der Waals surface area (Å²) in [5.41, 5.74) is 8.46. The van der Waals surface area contributed by atoms with E-state index in [-0.39, 0.29) is 12.1 Å². The summed E-state index contributed by atoms with van der Waals surface area (Å²) < 4.78 is 0. The number of anilines is 4. The minimum atomic E-state index is -0.210. The minimum Gasteiger partial charge on any atom is -0.398 e. The number of nitrogens with zero attached hydrogens (tertiary/aromatic N) is 5. The second-order valence-electron chi connectivity index (χ2n) is 6.84. The molecule has 9 nitrogen and oxygen atoms in total. The van der Waals surface area contributed by atoms with Crippen LogP contribution in [0, 0.1) is 11.3 Å². The number of nitrogens with one attached hydrogen (secondary N) is 2. The first-order valence-electron chi connectivity index (χ1n) is 9.11. The zero-order valence-corrected chi connectivity index (χ0v) is 15.1. The second-order valence-corrected chi connectivity index (χ2v) is 6.84. The molecule has 1 aromatic carbocycles. The number of nitrogen functional groups attached to an aromatic ring is 1. The van der Waals surface area contributed by atoms with Crippen LogP contribution in [0.15, 0.2) is 30.7 Å². The van der Waals surface area contributed by atoms with Crippen LogP contribution in [-0.2, 0) is 0 Å². The lowest BCUT2D eigenvalue weighted by atomic mass is 9.93. The molecular weight excluding hydrogens is 356 g/mol. The normalized spacial score (nSPS) is 19.1. The van der Waals surface area contributed by atoms with Gasteiger partial charge in [-0.25, -0.2) is 19.9 Å². The zero-order chi connectivity index (χ0) is 19.5. The number of aromatic nitrogens is 4. The maximum atomic E-state index is 9.65. The van der Waals surface area contributed by atoms with E-state index in [1.54, 1.807) is 24.4 Å². The molecule has 2 aromatic heterocycles. The Labute approximate surface area is 161 Å². The molecule has 0 bridgehead atoms. The summed E-state index contributed by atoms with van der Waals surface area (Å²) in [6.45, 7) is 0. The molecule has 0 saturated heterocycles. The van der Waals surface area contributed by atoms with Gasteiger partial charge >= 0.3 is 0 Å². The second kappa shape index (κ2) is 7.62. The molecule has 0 radical (unpaired) electrons. The van der Waals surface area contributed by atoms with Crippen LogP contribution < -0.4 is 16.4 Å². The lowest BCUT2D eigenvalue weighted by Crippen LogP contribution is -2.28. The van der Waals surface area contributed by atoms with E-state index in [1.165, 1.54) is 6.33 Å². The van der Waals surface area contributed by atoms with Crippen molar-refractivity contribution in [2.45, 2.75) is 37.8 Å². The number of nitrogens with two attached hydrogens (primary N) is 1. The topological polar surface area (TPSA) is 146 Å². The highest BCUT2D eigenvalue weighted by Crippen LogP contribution is 2.25. The number of fused-ring (bicyclic) bond motifs is 1. The average molecular weight is 376 g/mol. The fourth-order valence-electron chi connectivity index (χ4n) is 3.29. The molecule has 0 spiro atoms. The van der Waals surface area contributed by atoms with Crippen molar-refractivity contribution in [1.29, 1.82) is 5.26 Å². The van der Waals surface area contributed by atoms with E-state index in [4.69, 9.17) is 11.0 Å². The number of aliphatic hydroxyl groups is 1.